The van der Waals surface area contributed by atoms with Crippen LogP contribution in [0.15, 0.2) is 18.2 Å². The zero-order valence-electron chi connectivity index (χ0n) is 19.3. The van der Waals surface area contributed by atoms with Crippen LogP contribution in [0, 0.1) is 0 Å². The summed E-state index contributed by atoms with van der Waals surface area (Å²) in [5.74, 6) is 0.224. The van der Waals surface area contributed by atoms with Gasteiger partial charge in [0.05, 0.1) is 29.9 Å². The number of hydrogen-bond donors (Lipinski definition) is 1. The number of sulfonamides is 1. The lowest BCUT2D eigenvalue weighted by molar-refractivity contribution is -0.143. The SMILES string of the molecule is CCS(=O)(=O)Nc1ccc2c(c1)C(=O)N(C)[C@@H]1CC[C@H](CC(=O)N3CCCCC3)O[C@@H]1CO2. The van der Waals surface area contributed by atoms with Crippen LogP contribution in [0.2, 0.25) is 0 Å². The lowest BCUT2D eigenvalue weighted by atomic mass is 9.94. The quantitative estimate of drug-likeness (QED) is 0.694. The minimum absolute atomic E-state index is 0.0586. The summed E-state index contributed by atoms with van der Waals surface area (Å²) in [5.41, 5.74) is 0.643. The molecule has 2 amide bonds. The van der Waals surface area contributed by atoms with Gasteiger partial charge in [0, 0.05) is 25.8 Å². The van der Waals surface area contributed by atoms with E-state index < -0.39 is 10.0 Å². The first-order chi connectivity index (χ1) is 15.8. The van der Waals surface area contributed by atoms with Gasteiger partial charge in [-0.05, 0) is 57.2 Å². The number of likely N-dealkylation sites (tertiary alicyclic amines) is 1. The van der Waals surface area contributed by atoms with Gasteiger partial charge in [0.2, 0.25) is 15.9 Å². The Morgan fingerprint density at radius 2 is 1.94 bits per heavy atom. The van der Waals surface area contributed by atoms with Crippen LogP contribution in [-0.2, 0) is 19.6 Å². The molecule has 1 N–H and O–H groups in total. The summed E-state index contributed by atoms with van der Waals surface area (Å²) >= 11 is 0. The molecule has 1 aromatic carbocycles. The average Bonchev–Trinajstić information content (AvgIpc) is 2.82. The number of fused-ring (bicyclic) bond motifs is 2. The van der Waals surface area contributed by atoms with Crippen molar-refractivity contribution in [2.75, 3.05) is 37.2 Å². The molecule has 0 radical (unpaired) electrons. The van der Waals surface area contributed by atoms with E-state index in [2.05, 4.69) is 4.72 Å². The Kier molecular flexibility index (Phi) is 7.13. The summed E-state index contributed by atoms with van der Waals surface area (Å²) in [6.07, 6.45) is 4.55. The third-order valence-corrected chi connectivity index (χ3v) is 8.08. The summed E-state index contributed by atoms with van der Waals surface area (Å²) in [4.78, 5) is 29.5. The highest BCUT2D eigenvalue weighted by molar-refractivity contribution is 7.92. The van der Waals surface area contributed by atoms with Crippen LogP contribution < -0.4 is 9.46 Å². The molecule has 3 atom stereocenters. The predicted molar refractivity (Wildman–Crippen MR) is 124 cm³/mol. The molecule has 9 nitrogen and oxygen atoms in total. The number of nitrogens with zero attached hydrogens (tertiary/aromatic N) is 2. The second-order valence-electron chi connectivity index (χ2n) is 9.03. The monoisotopic (exact) mass is 479 g/mol. The highest BCUT2D eigenvalue weighted by Crippen LogP contribution is 2.33. The van der Waals surface area contributed by atoms with Crippen molar-refractivity contribution in [3.8, 4) is 5.75 Å². The molecule has 10 heteroatoms. The second-order valence-corrected chi connectivity index (χ2v) is 11.0. The Balaban J connectivity index is 1.46. The van der Waals surface area contributed by atoms with E-state index in [0.717, 1.165) is 25.9 Å². The van der Waals surface area contributed by atoms with E-state index in [4.69, 9.17) is 9.47 Å². The zero-order valence-corrected chi connectivity index (χ0v) is 20.1. The van der Waals surface area contributed by atoms with Crippen molar-refractivity contribution in [1.82, 2.24) is 9.80 Å². The van der Waals surface area contributed by atoms with Crippen LogP contribution in [0.3, 0.4) is 0 Å². The minimum Gasteiger partial charge on any atom is -0.490 e. The van der Waals surface area contributed by atoms with Crippen LogP contribution in [0.5, 0.6) is 5.75 Å². The fraction of sp³-hybridized carbons (Fsp3) is 0.652. The molecule has 2 saturated heterocycles. The summed E-state index contributed by atoms with van der Waals surface area (Å²) in [6.45, 7) is 3.45. The molecule has 2 fully saturated rings. The number of carbonyl (C=O) groups excluding carboxylic acids is 2. The first-order valence-electron chi connectivity index (χ1n) is 11.7. The van der Waals surface area contributed by atoms with Gasteiger partial charge in [0.15, 0.2) is 0 Å². The molecule has 182 valence electrons. The molecule has 33 heavy (non-hydrogen) atoms. The van der Waals surface area contributed by atoms with Gasteiger partial charge >= 0.3 is 0 Å². The summed E-state index contributed by atoms with van der Waals surface area (Å²) in [5, 5.41) is 0. The Morgan fingerprint density at radius 3 is 2.67 bits per heavy atom. The number of likely N-dealkylation sites (N-methyl/N-ethyl adjacent to an activating group) is 1. The summed E-state index contributed by atoms with van der Waals surface area (Å²) in [7, 11) is -1.72. The maximum Gasteiger partial charge on any atom is 0.257 e. The van der Waals surface area contributed by atoms with Gasteiger partial charge in [0.1, 0.15) is 18.5 Å². The Hall–Kier alpha value is -2.33. The summed E-state index contributed by atoms with van der Waals surface area (Å²) in [6, 6.07) is 4.53. The molecule has 3 aliphatic heterocycles. The number of ether oxygens (including phenoxy) is 2. The Morgan fingerprint density at radius 1 is 1.18 bits per heavy atom. The van der Waals surface area contributed by atoms with Gasteiger partial charge in [-0.1, -0.05) is 0 Å². The van der Waals surface area contributed by atoms with E-state index >= 15 is 0 Å². The van der Waals surface area contributed by atoms with Crippen molar-refractivity contribution < 1.29 is 27.5 Å². The highest BCUT2D eigenvalue weighted by atomic mass is 32.2. The van der Waals surface area contributed by atoms with Gasteiger partial charge in [-0.2, -0.15) is 0 Å². The molecule has 0 bridgehead atoms. The number of rotatable bonds is 5. The average molecular weight is 480 g/mol. The van der Waals surface area contributed by atoms with Gasteiger partial charge in [0.25, 0.3) is 5.91 Å². The van der Waals surface area contributed by atoms with Crippen molar-refractivity contribution in [2.45, 2.75) is 63.7 Å². The molecule has 0 saturated carbocycles. The van der Waals surface area contributed by atoms with E-state index in [1.165, 1.54) is 12.5 Å². The number of amides is 2. The van der Waals surface area contributed by atoms with Crippen LogP contribution >= 0.6 is 0 Å². The molecular formula is C23H33N3O6S. The lowest BCUT2D eigenvalue weighted by Gasteiger charge is -2.42. The van der Waals surface area contributed by atoms with Crippen LogP contribution in [-0.4, -0.2) is 80.8 Å². The predicted octanol–water partition coefficient (Wildman–Crippen LogP) is 2.23. The summed E-state index contributed by atoms with van der Waals surface area (Å²) < 4.78 is 38.5. The van der Waals surface area contributed by atoms with Crippen molar-refractivity contribution in [2.24, 2.45) is 0 Å². The number of nitrogens with one attached hydrogen (secondary N) is 1. The first-order valence-corrected chi connectivity index (χ1v) is 13.4. The topological polar surface area (TPSA) is 105 Å². The Labute approximate surface area is 195 Å². The molecular weight excluding hydrogens is 446 g/mol. The number of anilines is 1. The second kappa shape index (κ2) is 9.89. The fourth-order valence-corrected chi connectivity index (χ4v) is 5.44. The zero-order chi connectivity index (χ0) is 23.6. The number of hydrogen-bond acceptors (Lipinski definition) is 6. The van der Waals surface area contributed by atoms with E-state index in [1.807, 2.05) is 4.90 Å². The van der Waals surface area contributed by atoms with E-state index in [9.17, 15) is 18.0 Å². The Bertz CT molecular complexity index is 992. The van der Waals surface area contributed by atoms with Crippen LogP contribution in [0.25, 0.3) is 0 Å². The number of piperidine rings is 1. The van der Waals surface area contributed by atoms with E-state index in [-0.39, 0.29) is 42.4 Å². The third-order valence-electron chi connectivity index (χ3n) is 6.78. The van der Waals surface area contributed by atoms with Crippen molar-refractivity contribution in [1.29, 1.82) is 0 Å². The normalized spacial score (nSPS) is 25.9. The molecule has 4 rings (SSSR count). The standard InChI is InChI=1S/C23H33N3O6S/c1-3-33(29,30)24-16-7-10-20-18(13-16)23(28)25(2)19-9-8-17(32-21(19)15-31-20)14-22(27)26-11-5-4-6-12-26/h7,10,13,17,19,21,24H,3-6,8-9,11-12,14-15H2,1-2H3/t17-,19-,21-/m1/s1. The molecule has 0 aliphatic carbocycles. The molecule has 3 aliphatic rings. The molecule has 0 spiro atoms. The highest BCUT2D eigenvalue weighted by Gasteiger charge is 2.39. The lowest BCUT2D eigenvalue weighted by Crippen LogP contribution is -2.54. The van der Waals surface area contributed by atoms with Crippen molar-refractivity contribution >= 4 is 27.5 Å². The van der Waals surface area contributed by atoms with E-state index in [1.54, 1.807) is 31.0 Å². The van der Waals surface area contributed by atoms with Gasteiger partial charge < -0.3 is 19.3 Å². The van der Waals surface area contributed by atoms with Crippen LogP contribution in [0.1, 0.15) is 55.8 Å². The van der Waals surface area contributed by atoms with Crippen LogP contribution in [0.4, 0.5) is 5.69 Å². The van der Waals surface area contributed by atoms with E-state index in [0.29, 0.717) is 36.3 Å². The molecule has 0 aromatic heterocycles. The largest absolute Gasteiger partial charge is 0.490 e. The van der Waals surface area contributed by atoms with Gasteiger partial charge in [-0.25, -0.2) is 8.42 Å². The third kappa shape index (κ3) is 5.43. The maximum absolute atomic E-state index is 13.2. The van der Waals surface area contributed by atoms with Gasteiger partial charge in [-0.15, -0.1) is 0 Å². The maximum atomic E-state index is 13.2. The first kappa shape index (κ1) is 23.8. The minimum atomic E-state index is -3.46. The molecule has 0 unspecified atom stereocenters. The fourth-order valence-electron chi connectivity index (χ4n) is 4.81. The molecule has 1 aromatic rings. The number of benzene rings is 1. The number of carbonyl (C=O) groups is 2. The molecule has 3 heterocycles. The van der Waals surface area contributed by atoms with Crippen molar-refractivity contribution in [3.05, 3.63) is 23.8 Å². The van der Waals surface area contributed by atoms with Crippen molar-refractivity contribution in [3.63, 3.8) is 0 Å². The smallest absolute Gasteiger partial charge is 0.257 e. The van der Waals surface area contributed by atoms with Gasteiger partial charge in [-0.3, -0.25) is 14.3 Å².